The number of methoxy groups -OCH3 is 1. The number of carbonyl (C=O) groups excluding carboxylic acids is 3. The summed E-state index contributed by atoms with van der Waals surface area (Å²) in [5, 5.41) is 5.40. The normalized spacial score (nSPS) is 13.0. The summed E-state index contributed by atoms with van der Waals surface area (Å²) in [7, 11) is 1.58. The molecule has 2 aromatic rings. The molecule has 1 heterocycles. The Balaban J connectivity index is 1.45. The highest BCUT2D eigenvalue weighted by Crippen LogP contribution is 2.28. The van der Waals surface area contributed by atoms with Gasteiger partial charge in [-0.25, -0.2) is 0 Å². The molecule has 1 aliphatic heterocycles. The van der Waals surface area contributed by atoms with E-state index in [2.05, 4.69) is 17.6 Å². The second-order valence-electron chi connectivity index (χ2n) is 7.84. The van der Waals surface area contributed by atoms with Crippen LogP contribution in [0.2, 0.25) is 0 Å². The van der Waals surface area contributed by atoms with E-state index in [-0.39, 0.29) is 24.3 Å². The summed E-state index contributed by atoms with van der Waals surface area (Å²) in [6.45, 7) is 3.59. The van der Waals surface area contributed by atoms with E-state index in [9.17, 15) is 14.4 Å². The molecule has 0 atom stereocenters. The lowest BCUT2D eigenvalue weighted by molar-refractivity contribution is -0.120. The van der Waals surface area contributed by atoms with Crippen molar-refractivity contribution in [1.82, 2.24) is 10.6 Å². The van der Waals surface area contributed by atoms with E-state index in [0.29, 0.717) is 43.2 Å². The van der Waals surface area contributed by atoms with Crippen LogP contribution in [-0.2, 0) is 16.1 Å². The van der Waals surface area contributed by atoms with Gasteiger partial charge in [-0.3, -0.25) is 14.4 Å². The Hall–Kier alpha value is -3.55. The first-order valence-corrected chi connectivity index (χ1v) is 11.3. The van der Waals surface area contributed by atoms with E-state index in [1.165, 1.54) is 0 Å². The zero-order valence-corrected chi connectivity index (χ0v) is 19.2. The van der Waals surface area contributed by atoms with Gasteiger partial charge in [-0.2, -0.15) is 0 Å². The molecule has 0 radical (unpaired) electrons. The second-order valence-corrected chi connectivity index (χ2v) is 7.84. The molecule has 3 rings (SSSR count). The molecule has 2 N–H and O–H groups in total. The minimum Gasteiger partial charge on any atom is -0.493 e. The second kappa shape index (κ2) is 11.9. The molecule has 2 aromatic carbocycles. The fraction of sp³-hybridized carbons (Fsp3) is 0.400. The first-order valence-electron chi connectivity index (χ1n) is 11.3. The Labute approximate surface area is 194 Å². The maximum absolute atomic E-state index is 12.3. The van der Waals surface area contributed by atoms with Gasteiger partial charge in [-0.05, 0) is 54.8 Å². The third-order valence-corrected chi connectivity index (χ3v) is 5.40. The molecule has 1 aliphatic rings. The molecule has 0 aromatic heterocycles. The molecule has 8 heteroatoms. The monoisotopic (exact) mass is 453 g/mol. The maximum Gasteiger partial charge on any atom is 0.251 e. The fourth-order valence-corrected chi connectivity index (χ4v) is 3.51. The van der Waals surface area contributed by atoms with Crippen LogP contribution < -0.4 is 25.0 Å². The Morgan fingerprint density at radius 2 is 1.85 bits per heavy atom. The molecule has 0 bridgehead atoms. The molecule has 3 amide bonds. The highest BCUT2D eigenvalue weighted by atomic mass is 16.5. The fourth-order valence-electron chi connectivity index (χ4n) is 3.51. The van der Waals surface area contributed by atoms with Gasteiger partial charge in [0.15, 0.2) is 11.5 Å². The largest absolute Gasteiger partial charge is 0.493 e. The molecule has 1 fully saturated rings. The molecule has 0 aliphatic carbocycles. The number of amides is 3. The average molecular weight is 454 g/mol. The Kier molecular flexibility index (Phi) is 8.69. The lowest BCUT2D eigenvalue weighted by atomic mass is 10.2. The Bertz CT molecular complexity index is 975. The summed E-state index contributed by atoms with van der Waals surface area (Å²) in [5.74, 6) is 0.739. The summed E-state index contributed by atoms with van der Waals surface area (Å²) < 4.78 is 11.1. The number of ether oxygens (including phenoxy) is 2. The van der Waals surface area contributed by atoms with Crippen molar-refractivity contribution in [2.45, 2.75) is 39.2 Å². The molecule has 1 saturated heterocycles. The van der Waals surface area contributed by atoms with Gasteiger partial charge in [0.1, 0.15) is 0 Å². The number of benzene rings is 2. The van der Waals surface area contributed by atoms with Gasteiger partial charge < -0.3 is 25.0 Å². The number of carbonyl (C=O) groups is 3. The summed E-state index contributed by atoms with van der Waals surface area (Å²) in [6.07, 6.45) is 3.42. The zero-order valence-electron chi connectivity index (χ0n) is 19.2. The topological polar surface area (TPSA) is 97.0 Å². The summed E-state index contributed by atoms with van der Waals surface area (Å²) in [6, 6.07) is 12.3. The van der Waals surface area contributed by atoms with Crippen molar-refractivity contribution in [2.75, 3.05) is 31.7 Å². The van der Waals surface area contributed by atoms with Gasteiger partial charge in [-0.1, -0.05) is 19.4 Å². The molecule has 0 saturated carbocycles. The van der Waals surface area contributed by atoms with E-state index in [4.69, 9.17) is 9.47 Å². The van der Waals surface area contributed by atoms with Crippen molar-refractivity contribution in [1.29, 1.82) is 0 Å². The van der Waals surface area contributed by atoms with Crippen LogP contribution in [0.4, 0.5) is 5.69 Å². The SMILES string of the molecule is CCCCOc1ccc(CNC(=O)CNC(=O)c2ccc(N3CCCC3=O)cc2)cc1OC. The standard InChI is InChI=1S/C25H31N3O5/c1-3-4-14-33-21-12-7-18(15-22(21)32-2)16-26-23(29)17-27-25(31)19-8-10-20(11-9-19)28-13-5-6-24(28)30/h7-12,15H,3-6,13-14,16-17H2,1-2H3,(H,26,29)(H,27,31). The molecule has 176 valence electrons. The summed E-state index contributed by atoms with van der Waals surface area (Å²) in [5.41, 5.74) is 2.08. The van der Waals surface area contributed by atoms with Crippen LogP contribution in [0.25, 0.3) is 0 Å². The van der Waals surface area contributed by atoms with Crippen LogP contribution in [0, 0.1) is 0 Å². The Morgan fingerprint density at radius 1 is 1.06 bits per heavy atom. The van der Waals surface area contributed by atoms with Gasteiger partial charge in [0.25, 0.3) is 5.91 Å². The van der Waals surface area contributed by atoms with E-state index in [1.54, 1.807) is 36.3 Å². The molecule has 8 nitrogen and oxygen atoms in total. The minimum atomic E-state index is -0.348. The number of nitrogens with one attached hydrogen (secondary N) is 2. The van der Waals surface area contributed by atoms with Gasteiger partial charge in [-0.15, -0.1) is 0 Å². The molecular formula is C25H31N3O5. The van der Waals surface area contributed by atoms with Crippen LogP contribution in [-0.4, -0.2) is 44.5 Å². The molecule has 0 unspecified atom stereocenters. The van der Waals surface area contributed by atoms with E-state index < -0.39 is 0 Å². The lowest BCUT2D eigenvalue weighted by Crippen LogP contribution is -2.36. The smallest absolute Gasteiger partial charge is 0.251 e. The van der Waals surface area contributed by atoms with Crippen molar-refractivity contribution in [3.05, 3.63) is 53.6 Å². The predicted molar refractivity (Wildman–Crippen MR) is 126 cm³/mol. The highest BCUT2D eigenvalue weighted by molar-refractivity contribution is 5.98. The number of hydrogen-bond acceptors (Lipinski definition) is 5. The predicted octanol–water partition coefficient (Wildman–Crippen LogP) is 3.05. The van der Waals surface area contributed by atoms with E-state index in [1.807, 2.05) is 18.2 Å². The van der Waals surface area contributed by atoms with Gasteiger partial charge >= 0.3 is 0 Å². The van der Waals surface area contributed by atoms with Crippen LogP contribution in [0.15, 0.2) is 42.5 Å². The lowest BCUT2D eigenvalue weighted by Gasteiger charge is -2.15. The summed E-state index contributed by atoms with van der Waals surface area (Å²) >= 11 is 0. The van der Waals surface area contributed by atoms with Crippen molar-refractivity contribution in [3.8, 4) is 11.5 Å². The first-order chi connectivity index (χ1) is 16.0. The van der Waals surface area contributed by atoms with Gasteiger partial charge in [0, 0.05) is 30.8 Å². The average Bonchev–Trinajstić information content (AvgIpc) is 3.27. The summed E-state index contributed by atoms with van der Waals surface area (Å²) in [4.78, 5) is 38.1. The van der Waals surface area contributed by atoms with Crippen molar-refractivity contribution >= 4 is 23.4 Å². The quantitative estimate of drug-likeness (QED) is 0.510. The van der Waals surface area contributed by atoms with Crippen LogP contribution >= 0.6 is 0 Å². The minimum absolute atomic E-state index is 0.0974. The number of hydrogen-bond donors (Lipinski definition) is 2. The van der Waals surface area contributed by atoms with E-state index in [0.717, 1.165) is 30.5 Å². The van der Waals surface area contributed by atoms with Crippen LogP contribution in [0.5, 0.6) is 11.5 Å². The maximum atomic E-state index is 12.3. The number of anilines is 1. The third kappa shape index (κ3) is 6.71. The van der Waals surface area contributed by atoms with Crippen LogP contribution in [0.1, 0.15) is 48.5 Å². The number of rotatable bonds is 11. The zero-order chi connectivity index (χ0) is 23.6. The molecule has 33 heavy (non-hydrogen) atoms. The van der Waals surface area contributed by atoms with Gasteiger partial charge in [0.2, 0.25) is 11.8 Å². The first kappa shape index (κ1) is 24.1. The molecular weight excluding hydrogens is 422 g/mol. The van der Waals surface area contributed by atoms with Crippen molar-refractivity contribution in [3.63, 3.8) is 0 Å². The van der Waals surface area contributed by atoms with Gasteiger partial charge in [0.05, 0.1) is 20.3 Å². The van der Waals surface area contributed by atoms with Crippen molar-refractivity contribution < 1.29 is 23.9 Å². The van der Waals surface area contributed by atoms with Crippen molar-refractivity contribution in [2.24, 2.45) is 0 Å². The highest BCUT2D eigenvalue weighted by Gasteiger charge is 2.21. The van der Waals surface area contributed by atoms with E-state index >= 15 is 0 Å². The van der Waals surface area contributed by atoms with Crippen LogP contribution in [0.3, 0.4) is 0 Å². The third-order valence-electron chi connectivity index (χ3n) is 5.40. The number of unbranched alkanes of at least 4 members (excludes halogenated alkanes) is 1. The molecule has 0 spiro atoms. The Morgan fingerprint density at radius 3 is 2.52 bits per heavy atom. The number of nitrogens with zero attached hydrogens (tertiary/aromatic N) is 1.